The molecule has 0 spiro atoms. The molecule has 0 saturated carbocycles. The van der Waals surface area contributed by atoms with Gasteiger partial charge in [0.1, 0.15) is 11.6 Å². The van der Waals surface area contributed by atoms with Gasteiger partial charge in [0.15, 0.2) is 9.84 Å². The zero-order valence-electron chi connectivity index (χ0n) is 21.8. The lowest BCUT2D eigenvalue weighted by Gasteiger charge is -2.36. The molecule has 4 heterocycles. The standard InChI is InChI=1S/C28H28FN5O4S/c1-17-15-34(16-18(2)38-17)27-6-4-5-24(33-27)25-8-7-19-14-30-21(12-26(19)32-25)13-28(35)31-22-9-20(29)10-23(11-22)39(3,36)37/h4-12,14,17-18H,13,15-16H2,1-3H3,(H,31,35)/t17-,18+. The van der Waals surface area contributed by atoms with E-state index >= 15 is 0 Å². The molecule has 202 valence electrons. The van der Waals surface area contributed by atoms with Crippen LogP contribution < -0.4 is 10.2 Å². The van der Waals surface area contributed by atoms with Crippen LogP contribution in [0.2, 0.25) is 0 Å². The summed E-state index contributed by atoms with van der Waals surface area (Å²) in [5.41, 5.74) is 2.58. The van der Waals surface area contributed by atoms with Crippen molar-refractivity contribution < 1.29 is 22.3 Å². The first-order valence-corrected chi connectivity index (χ1v) is 14.4. The lowest BCUT2D eigenvalue weighted by Crippen LogP contribution is -2.45. The highest BCUT2D eigenvalue weighted by Crippen LogP contribution is 2.24. The summed E-state index contributed by atoms with van der Waals surface area (Å²) < 4.78 is 43.3. The number of fused-ring (bicyclic) bond motifs is 1. The number of nitrogens with zero attached hydrogens (tertiary/aromatic N) is 4. The van der Waals surface area contributed by atoms with Crippen molar-refractivity contribution in [1.29, 1.82) is 0 Å². The van der Waals surface area contributed by atoms with Gasteiger partial charge in [0.25, 0.3) is 0 Å². The fourth-order valence-corrected chi connectivity index (χ4v) is 5.29. The van der Waals surface area contributed by atoms with Gasteiger partial charge in [-0.15, -0.1) is 0 Å². The number of hydrogen-bond acceptors (Lipinski definition) is 8. The fourth-order valence-electron chi connectivity index (χ4n) is 4.62. The van der Waals surface area contributed by atoms with Crippen LogP contribution in [-0.2, 0) is 25.8 Å². The van der Waals surface area contributed by atoms with E-state index < -0.39 is 21.6 Å². The minimum atomic E-state index is -3.63. The molecule has 2 atom stereocenters. The van der Waals surface area contributed by atoms with E-state index in [4.69, 9.17) is 14.7 Å². The van der Waals surface area contributed by atoms with E-state index in [1.54, 1.807) is 12.3 Å². The van der Waals surface area contributed by atoms with Crippen molar-refractivity contribution in [3.05, 3.63) is 72.3 Å². The molecule has 0 unspecified atom stereocenters. The van der Waals surface area contributed by atoms with Gasteiger partial charge in [0.05, 0.1) is 46.1 Å². The topological polar surface area (TPSA) is 114 Å². The van der Waals surface area contributed by atoms with Crippen molar-refractivity contribution in [2.45, 2.75) is 37.4 Å². The summed E-state index contributed by atoms with van der Waals surface area (Å²) in [6.45, 7) is 5.62. The van der Waals surface area contributed by atoms with Crippen LogP contribution in [0.15, 0.2) is 65.7 Å². The lowest BCUT2D eigenvalue weighted by atomic mass is 10.1. The van der Waals surface area contributed by atoms with Gasteiger partial charge in [0, 0.05) is 36.6 Å². The van der Waals surface area contributed by atoms with Crippen LogP contribution in [0.25, 0.3) is 22.3 Å². The molecule has 1 saturated heterocycles. The third-order valence-corrected chi connectivity index (χ3v) is 7.39. The fraction of sp³-hybridized carbons (Fsp3) is 0.286. The summed E-state index contributed by atoms with van der Waals surface area (Å²) in [6.07, 6.45) is 2.74. The predicted molar refractivity (Wildman–Crippen MR) is 147 cm³/mol. The lowest BCUT2D eigenvalue weighted by molar-refractivity contribution is -0.115. The molecule has 4 aromatic rings. The van der Waals surface area contributed by atoms with Gasteiger partial charge in [-0.3, -0.25) is 9.78 Å². The highest BCUT2D eigenvalue weighted by Gasteiger charge is 2.23. The van der Waals surface area contributed by atoms with Gasteiger partial charge in [-0.25, -0.2) is 22.8 Å². The second kappa shape index (κ2) is 10.7. The average Bonchev–Trinajstić information content (AvgIpc) is 2.87. The molecule has 0 aliphatic carbocycles. The molecular weight excluding hydrogens is 521 g/mol. The highest BCUT2D eigenvalue weighted by molar-refractivity contribution is 7.90. The first-order chi connectivity index (χ1) is 18.5. The molecule has 0 bridgehead atoms. The van der Waals surface area contributed by atoms with Crippen molar-refractivity contribution in [1.82, 2.24) is 15.0 Å². The third-order valence-electron chi connectivity index (χ3n) is 6.30. The van der Waals surface area contributed by atoms with Crippen molar-refractivity contribution in [3.63, 3.8) is 0 Å². The number of pyridine rings is 3. The van der Waals surface area contributed by atoms with Crippen LogP contribution in [-0.4, -0.2) is 60.8 Å². The molecule has 11 heteroatoms. The summed E-state index contributed by atoms with van der Waals surface area (Å²) in [7, 11) is -3.63. The number of carbonyl (C=O) groups is 1. The maximum Gasteiger partial charge on any atom is 0.230 e. The number of rotatable bonds is 6. The quantitative estimate of drug-likeness (QED) is 0.384. The van der Waals surface area contributed by atoms with E-state index in [1.807, 2.05) is 44.2 Å². The molecule has 1 amide bonds. The zero-order valence-corrected chi connectivity index (χ0v) is 22.6. The largest absolute Gasteiger partial charge is 0.372 e. The van der Waals surface area contributed by atoms with Crippen LogP contribution in [0.4, 0.5) is 15.9 Å². The highest BCUT2D eigenvalue weighted by atomic mass is 32.2. The maximum absolute atomic E-state index is 13.9. The van der Waals surface area contributed by atoms with Crippen molar-refractivity contribution in [3.8, 4) is 11.4 Å². The number of anilines is 2. The monoisotopic (exact) mass is 549 g/mol. The van der Waals surface area contributed by atoms with Gasteiger partial charge in [-0.2, -0.15) is 0 Å². The number of ether oxygens (including phenoxy) is 1. The number of halogens is 1. The summed E-state index contributed by atoms with van der Waals surface area (Å²) >= 11 is 0. The molecular formula is C28H28FN5O4S. The predicted octanol–water partition coefficient (Wildman–Crippen LogP) is 4.03. The van der Waals surface area contributed by atoms with Gasteiger partial charge >= 0.3 is 0 Å². The smallest absolute Gasteiger partial charge is 0.230 e. The van der Waals surface area contributed by atoms with Crippen LogP contribution >= 0.6 is 0 Å². The van der Waals surface area contributed by atoms with E-state index in [9.17, 15) is 17.6 Å². The Kier molecular flexibility index (Phi) is 7.28. The van der Waals surface area contributed by atoms with Crippen molar-refractivity contribution in [2.75, 3.05) is 29.6 Å². The van der Waals surface area contributed by atoms with E-state index in [0.29, 0.717) is 16.9 Å². The molecule has 5 rings (SSSR count). The summed E-state index contributed by atoms with van der Waals surface area (Å²) in [5, 5.41) is 3.35. The number of carbonyl (C=O) groups excluding carboxylic acids is 1. The van der Waals surface area contributed by atoms with Crippen LogP contribution in [0.1, 0.15) is 19.5 Å². The molecule has 9 nitrogen and oxygen atoms in total. The molecule has 3 aromatic heterocycles. The minimum Gasteiger partial charge on any atom is -0.372 e. The van der Waals surface area contributed by atoms with E-state index in [2.05, 4.69) is 15.2 Å². The first-order valence-electron chi connectivity index (χ1n) is 12.5. The molecule has 1 aliphatic rings. The van der Waals surface area contributed by atoms with Gasteiger partial charge < -0.3 is 15.0 Å². The number of amides is 1. The van der Waals surface area contributed by atoms with E-state index in [-0.39, 0.29) is 29.2 Å². The van der Waals surface area contributed by atoms with Gasteiger partial charge in [0.2, 0.25) is 5.91 Å². The Morgan fingerprint density at radius 3 is 2.54 bits per heavy atom. The number of morpholine rings is 1. The Hall–Kier alpha value is -3.96. The molecule has 1 N–H and O–H groups in total. The number of sulfone groups is 1. The van der Waals surface area contributed by atoms with Crippen molar-refractivity contribution >= 4 is 38.2 Å². The van der Waals surface area contributed by atoms with Crippen LogP contribution in [0, 0.1) is 5.82 Å². The second-order valence-corrected chi connectivity index (χ2v) is 11.8. The van der Waals surface area contributed by atoms with Crippen LogP contribution in [0.3, 0.4) is 0 Å². The third kappa shape index (κ3) is 6.37. The minimum absolute atomic E-state index is 0.0524. The number of hydrogen-bond donors (Lipinski definition) is 1. The Morgan fingerprint density at radius 2 is 1.79 bits per heavy atom. The Balaban J connectivity index is 1.35. The van der Waals surface area contributed by atoms with E-state index in [1.165, 1.54) is 6.07 Å². The Morgan fingerprint density at radius 1 is 1.05 bits per heavy atom. The molecule has 39 heavy (non-hydrogen) atoms. The SMILES string of the molecule is C[C@@H]1CN(c2cccc(-c3ccc4cnc(CC(=O)Nc5cc(F)cc(S(C)(=O)=O)c5)cc4n3)n2)C[C@H](C)O1. The first kappa shape index (κ1) is 26.6. The second-order valence-electron chi connectivity index (χ2n) is 9.78. The Bertz CT molecular complexity index is 1650. The normalized spacial score (nSPS) is 17.8. The van der Waals surface area contributed by atoms with Gasteiger partial charge in [-0.1, -0.05) is 6.07 Å². The van der Waals surface area contributed by atoms with E-state index in [0.717, 1.165) is 48.4 Å². The van der Waals surface area contributed by atoms with Crippen LogP contribution in [0.5, 0.6) is 0 Å². The number of nitrogens with one attached hydrogen (secondary N) is 1. The Labute approximate surface area is 226 Å². The number of benzene rings is 1. The van der Waals surface area contributed by atoms with Gasteiger partial charge in [-0.05, 0) is 62.4 Å². The molecule has 1 aromatic carbocycles. The summed E-state index contributed by atoms with van der Waals surface area (Å²) in [6, 6.07) is 14.5. The van der Waals surface area contributed by atoms with Crippen molar-refractivity contribution in [2.24, 2.45) is 0 Å². The number of aromatic nitrogens is 3. The zero-order chi connectivity index (χ0) is 27.7. The summed E-state index contributed by atoms with van der Waals surface area (Å²) in [5.74, 6) is -0.365. The summed E-state index contributed by atoms with van der Waals surface area (Å²) in [4.78, 5) is 28.6. The average molecular weight is 550 g/mol. The molecule has 1 aliphatic heterocycles. The molecule has 1 fully saturated rings. The molecule has 0 radical (unpaired) electrons. The maximum atomic E-state index is 13.9.